The third-order valence-corrected chi connectivity index (χ3v) is 4.10. The number of hydrogen-bond acceptors (Lipinski definition) is 4. The second-order valence-corrected chi connectivity index (χ2v) is 6.61. The summed E-state index contributed by atoms with van der Waals surface area (Å²) >= 11 is 1.68. The second kappa shape index (κ2) is 7.89. The lowest BCUT2D eigenvalue weighted by Gasteiger charge is -2.15. The molecule has 2 aromatic rings. The van der Waals surface area contributed by atoms with Gasteiger partial charge in [0.15, 0.2) is 0 Å². The minimum atomic E-state index is -0.0734. The highest BCUT2D eigenvalue weighted by Crippen LogP contribution is 2.12. The van der Waals surface area contributed by atoms with Gasteiger partial charge in [0.05, 0.1) is 6.54 Å². The lowest BCUT2D eigenvalue weighted by molar-refractivity contribution is -0.117. The molecule has 1 heterocycles. The first-order chi connectivity index (χ1) is 11.0. The molecular weight excluding hydrogens is 310 g/mol. The van der Waals surface area contributed by atoms with E-state index < -0.39 is 0 Å². The molecule has 0 saturated carbocycles. The number of nitrogens with one attached hydrogen (secondary N) is 1. The smallest absolute Gasteiger partial charge is 0.253 e. The van der Waals surface area contributed by atoms with Gasteiger partial charge in [-0.15, -0.1) is 11.3 Å². The van der Waals surface area contributed by atoms with E-state index in [9.17, 15) is 9.59 Å². The molecular formula is C17H21N3O2S. The molecule has 0 spiro atoms. The Morgan fingerprint density at radius 2 is 1.78 bits per heavy atom. The number of anilines is 1. The molecule has 1 aromatic carbocycles. The Hall–Kier alpha value is -2.18. The number of nitrogens with zero attached hydrogens (tertiary/aromatic N) is 2. The highest BCUT2D eigenvalue weighted by Gasteiger charge is 2.10. The van der Waals surface area contributed by atoms with Gasteiger partial charge in [0.2, 0.25) is 5.91 Å². The van der Waals surface area contributed by atoms with Crippen molar-refractivity contribution >= 4 is 28.8 Å². The van der Waals surface area contributed by atoms with Gasteiger partial charge in [-0.1, -0.05) is 6.07 Å². The predicted octanol–water partition coefficient (Wildman–Crippen LogP) is 2.52. The van der Waals surface area contributed by atoms with Gasteiger partial charge in [-0.05, 0) is 42.8 Å². The fraction of sp³-hybridized carbons (Fsp3) is 0.294. The highest BCUT2D eigenvalue weighted by molar-refractivity contribution is 7.09. The lowest BCUT2D eigenvalue weighted by Crippen LogP contribution is -2.29. The summed E-state index contributed by atoms with van der Waals surface area (Å²) in [5.74, 6) is -0.130. The number of likely N-dealkylation sites (N-methyl/N-ethyl adjacent to an activating group) is 1. The average Bonchev–Trinajstić information content (AvgIpc) is 2.99. The van der Waals surface area contributed by atoms with Crippen LogP contribution in [0.1, 0.15) is 15.2 Å². The molecule has 2 rings (SSSR count). The molecule has 1 aromatic heterocycles. The van der Waals surface area contributed by atoms with Crippen LogP contribution in [0.15, 0.2) is 41.8 Å². The summed E-state index contributed by atoms with van der Waals surface area (Å²) in [7, 11) is 5.33. The Labute approximate surface area is 140 Å². The first-order valence-electron chi connectivity index (χ1n) is 7.28. The summed E-state index contributed by atoms with van der Waals surface area (Å²) in [4.78, 5) is 28.6. The third-order valence-electron chi connectivity index (χ3n) is 3.24. The minimum absolute atomic E-state index is 0.0569. The summed E-state index contributed by atoms with van der Waals surface area (Å²) < 4.78 is 0. The zero-order valence-electron chi connectivity index (χ0n) is 13.6. The Bertz CT molecular complexity index is 651. The third kappa shape index (κ3) is 5.19. The van der Waals surface area contributed by atoms with Gasteiger partial charge in [0.25, 0.3) is 5.91 Å². The molecule has 0 unspecified atom stereocenters. The van der Waals surface area contributed by atoms with Crippen molar-refractivity contribution in [3.63, 3.8) is 0 Å². The van der Waals surface area contributed by atoms with E-state index in [0.29, 0.717) is 17.8 Å². The van der Waals surface area contributed by atoms with E-state index in [1.165, 1.54) is 9.78 Å². The minimum Gasteiger partial charge on any atom is -0.345 e. The van der Waals surface area contributed by atoms with Gasteiger partial charge < -0.3 is 10.2 Å². The van der Waals surface area contributed by atoms with Crippen molar-refractivity contribution in [2.75, 3.05) is 33.0 Å². The van der Waals surface area contributed by atoms with E-state index >= 15 is 0 Å². The predicted molar refractivity (Wildman–Crippen MR) is 93.7 cm³/mol. The van der Waals surface area contributed by atoms with Crippen LogP contribution in [0.5, 0.6) is 0 Å². The summed E-state index contributed by atoms with van der Waals surface area (Å²) in [6.07, 6.45) is 0. The van der Waals surface area contributed by atoms with Crippen molar-refractivity contribution in [2.45, 2.75) is 6.54 Å². The first kappa shape index (κ1) is 17.2. The molecule has 0 aliphatic carbocycles. The zero-order chi connectivity index (χ0) is 16.8. The van der Waals surface area contributed by atoms with Crippen LogP contribution < -0.4 is 5.32 Å². The number of hydrogen-bond donors (Lipinski definition) is 1. The van der Waals surface area contributed by atoms with Crippen molar-refractivity contribution in [1.29, 1.82) is 0 Å². The standard InChI is InChI=1S/C17H21N3O2S/c1-19(2)17(22)13-6-8-14(9-7-13)18-16(21)12-20(3)11-15-5-4-10-23-15/h4-10H,11-12H2,1-3H3,(H,18,21). The number of benzene rings is 1. The Morgan fingerprint density at radius 3 is 2.35 bits per heavy atom. The largest absolute Gasteiger partial charge is 0.345 e. The molecule has 0 bridgehead atoms. The second-order valence-electron chi connectivity index (χ2n) is 5.58. The topological polar surface area (TPSA) is 52.7 Å². The van der Waals surface area contributed by atoms with Crippen LogP contribution in [0.2, 0.25) is 0 Å². The van der Waals surface area contributed by atoms with Crippen molar-refractivity contribution in [1.82, 2.24) is 9.80 Å². The van der Waals surface area contributed by atoms with Crippen LogP contribution in [-0.2, 0) is 11.3 Å². The molecule has 0 radical (unpaired) electrons. The van der Waals surface area contributed by atoms with Crippen LogP contribution in [0.3, 0.4) is 0 Å². The van der Waals surface area contributed by atoms with Crippen molar-refractivity contribution in [3.05, 3.63) is 52.2 Å². The summed E-state index contributed by atoms with van der Waals surface area (Å²) in [5.41, 5.74) is 1.29. The molecule has 0 saturated heterocycles. The van der Waals surface area contributed by atoms with Gasteiger partial charge in [0, 0.05) is 36.8 Å². The van der Waals surface area contributed by atoms with E-state index in [4.69, 9.17) is 0 Å². The molecule has 5 nitrogen and oxygen atoms in total. The lowest BCUT2D eigenvalue weighted by atomic mass is 10.2. The van der Waals surface area contributed by atoms with Gasteiger partial charge in [0.1, 0.15) is 0 Å². The number of rotatable bonds is 6. The van der Waals surface area contributed by atoms with Crippen molar-refractivity contribution < 1.29 is 9.59 Å². The molecule has 2 amide bonds. The van der Waals surface area contributed by atoms with Crippen molar-refractivity contribution in [2.24, 2.45) is 0 Å². The van der Waals surface area contributed by atoms with Gasteiger partial charge >= 0.3 is 0 Å². The molecule has 0 aliphatic heterocycles. The average molecular weight is 331 g/mol. The maximum atomic E-state index is 12.1. The Kier molecular flexibility index (Phi) is 5.90. The Balaban J connectivity index is 1.86. The van der Waals surface area contributed by atoms with E-state index in [0.717, 1.165) is 6.54 Å². The van der Waals surface area contributed by atoms with Gasteiger partial charge in [-0.3, -0.25) is 14.5 Å². The summed E-state index contributed by atoms with van der Waals surface area (Å²) in [5, 5.41) is 4.87. The summed E-state index contributed by atoms with van der Waals surface area (Å²) in [6, 6.07) is 11.0. The fourth-order valence-electron chi connectivity index (χ4n) is 2.12. The molecule has 0 atom stereocenters. The molecule has 23 heavy (non-hydrogen) atoms. The molecule has 6 heteroatoms. The zero-order valence-corrected chi connectivity index (χ0v) is 14.4. The van der Waals surface area contributed by atoms with Gasteiger partial charge in [-0.25, -0.2) is 0 Å². The van der Waals surface area contributed by atoms with Crippen LogP contribution in [0.25, 0.3) is 0 Å². The SMILES string of the molecule is CN(CC(=O)Nc1ccc(C(=O)N(C)C)cc1)Cc1cccs1. The van der Waals surface area contributed by atoms with Crippen LogP contribution >= 0.6 is 11.3 Å². The van der Waals surface area contributed by atoms with Crippen LogP contribution in [0.4, 0.5) is 5.69 Å². The molecule has 1 N–H and O–H groups in total. The van der Waals surface area contributed by atoms with E-state index in [2.05, 4.69) is 11.4 Å². The van der Waals surface area contributed by atoms with Gasteiger partial charge in [-0.2, -0.15) is 0 Å². The van der Waals surface area contributed by atoms with Crippen LogP contribution in [0, 0.1) is 0 Å². The van der Waals surface area contributed by atoms with E-state index in [1.54, 1.807) is 49.7 Å². The normalized spacial score (nSPS) is 10.6. The number of thiophene rings is 1. The van der Waals surface area contributed by atoms with E-state index in [-0.39, 0.29) is 11.8 Å². The number of carbonyl (C=O) groups excluding carboxylic acids is 2. The first-order valence-corrected chi connectivity index (χ1v) is 8.16. The molecule has 122 valence electrons. The van der Waals surface area contributed by atoms with Crippen LogP contribution in [-0.4, -0.2) is 49.3 Å². The maximum absolute atomic E-state index is 12.1. The van der Waals surface area contributed by atoms with Crippen molar-refractivity contribution in [3.8, 4) is 0 Å². The number of carbonyl (C=O) groups is 2. The highest BCUT2D eigenvalue weighted by atomic mass is 32.1. The quantitative estimate of drug-likeness (QED) is 0.885. The van der Waals surface area contributed by atoms with E-state index in [1.807, 2.05) is 23.4 Å². The maximum Gasteiger partial charge on any atom is 0.253 e. The fourth-order valence-corrected chi connectivity index (χ4v) is 2.91. The number of amides is 2. The molecule has 0 fully saturated rings. The molecule has 0 aliphatic rings. The summed E-state index contributed by atoms with van der Waals surface area (Å²) in [6.45, 7) is 1.07. The monoisotopic (exact) mass is 331 g/mol. The Morgan fingerprint density at radius 1 is 1.09 bits per heavy atom.